The number of phenolic OH excluding ortho intramolecular Hbond substituents is 1. The molecule has 6 heteroatoms. The molecule has 1 aliphatic carbocycles. The van der Waals surface area contributed by atoms with Crippen molar-refractivity contribution in [2.75, 3.05) is 20.3 Å². The molecule has 2 aliphatic rings. The minimum Gasteiger partial charge on any atom is -0.508 e. The molecule has 0 saturated carbocycles. The summed E-state index contributed by atoms with van der Waals surface area (Å²) in [6.45, 7) is 2.24. The lowest BCUT2D eigenvalue weighted by molar-refractivity contribution is -0.147. The molecule has 1 unspecified atom stereocenters. The van der Waals surface area contributed by atoms with Crippen LogP contribution in [0.2, 0.25) is 0 Å². The van der Waals surface area contributed by atoms with Crippen LogP contribution in [0.4, 0.5) is 0 Å². The molecular weight excluding hydrogens is 334 g/mol. The standard InChI is InChI=1S/C20H23NO5/c1-12-17(20(24)26-10-9-25-2)18(13-5-3-6-14(22)11-13)19-15(21-12)7-4-8-16(19)23/h3,5-6,11,17-18,22H,4,7-10H2,1-2H3/t17?,18-/m0/s1. The number of carbonyl (C=O) groups excluding carboxylic acids is 2. The number of phenols is 1. The monoisotopic (exact) mass is 357 g/mol. The maximum absolute atomic E-state index is 12.8. The number of aliphatic imine (C=N–C) groups is 1. The van der Waals surface area contributed by atoms with Crippen LogP contribution in [-0.2, 0) is 19.1 Å². The number of ketones is 1. The van der Waals surface area contributed by atoms with E-state index in [1.807, 2.05) is 6.07 Å². The quantitative estimate of drug-likeness (QED) is 0.647. The molecule has 2 atom stereocenters. The first-order valence-corrected chi connectivity index (χ1v) is 8.79. The number of aromatic hydroxyl groups is 1. The molecule has 0 radical (unpaired) electrons. The molecule has 26 heavy (non-hydrogen) atoms. The minimum absolute atomic E-state index is 0.0190. The lowest BCUT2D eigenvalue weighted by Gasteiger charge is -2.34. The highest BCUT2D eigenvalue weighted by molar-refractivity contribution is 6.08. The molecule has 6 nitrogen and oxygen atoms in total. The molecule has 0 amide bonds. The van der Waals surface area contributed by atoms with E-state index in [2.05, 4.69) is 4.99 Å². The second-order valence-electron chi connectivity index (χ2n) is 6.60. The SMILES string of the molecule is COCCOC(=O)C1C(C)=NC2=C(C(=O)CCC2)[C@H]1c1cccc(O)c1. The molecule has 0 fully saturated rings. The fourth-order valence-corrected chi connectivity index (χ4v) is 3.71. The third-order valence-corrected chi connectivity index (χ3v) is 4.85. The van der Waals surface area contributed by atoms with Gasteiger partial charge in [0.05, 0.1) is 6.61 Å². The summed E-state index contributed by atoms with van der Waals surface area (Å²) in [5.74, 6) is -1.49. The Kier molecular flexibility index (Phi) is 5.52. The number of allylic oxidation sites excluding steroid dienone is 2. The Balaban J connectivity index is 2.04. The molecule has 0 aromatic heterocycles. The van der Waals surface area contributed by atoms with E-state index in [1.54, 1.807) is 25.1 Å². The van der Waals surface area contributed by atoms with Gasteiger partial charge in [-0.05, 0) is 37.5 Å². The number of benzene rings is 1. The highest BCUT2D eigenvalue weighted by Gasteiger charge is 2.43. The van der Waals surface area contributed by atoms with Crippen LogP contribution >= 0.6 is 0 Å². The number of hydrogen-bond donors (Lipinski definition) is 1. The van der Waals surface area contributed by atoms with Crippen molar-refractivity contribution >= 4 is 17.5 Å². The van der Waals surface area contributed by atoms with Crippen molar-refractivity contribution in [3.63, 3.8) is 0 Å². The molecule has 1 heterocycles. The summed E-state index contributed by atoms with van der Waals surface area (Å²) in [5, 5.41) is 9.91. The number of hydrogen-bond acceptors (Lipinski definition) is 6. The van der Waals surface area contributed by atoms with Crippen molar-refractivity contribution in [1.29, 1.82) is 0 Å². The third-order valence-electron chi connectivity index (χ3n) is 4.85. The van der Waals surface area contributed by atoms with Crippen LogP contribution in [-0.4, -0.2) is 42.9 Å². The zero-order valence-electron chi connectivity index (χ0n) is 15.0. The van der Waals surface area contributed by atoms with Gasteiger partial charge in [-0.1, -0.05) is 12.1 Å². The van der Waals surface area contributed by atoms with Crippen molar-refractivity contribution < 1.29 is 24.2 Å². The Morgan fingerprint density at radius 2 is 2.12 bits per heavy atom. The Labute approximate surface area is 152 Å². The number of esters is 1. The van der Waals surface area contributed by atoms with Crippen LogP contribution in [0.3, 0.4) is 0 Å². The fraction of sp³-hybridized carbons (Fsp3) is 0.450. The highest BCUT2D eigenvalue weighted by Crippen LogP contribution is 2.44. The van der Waals surface area contributed by atoms with Crippen molar-refractivity contribution in [3.8, 4) is 5.75 Å². The van der Waals surface area contributed by atoms with Gasteiger partial charge < -0.3 is 14.6 Å². The first kappa shape index (κ1) is 18.3. The van der Waals surface area contributed by atoms with Gasteiger partial charge >= 0.3 is 5.97 Å². The largest absolute Gasteiger partial charge is 0.508 e. The highest BCUT2D eigenvalue weighted by atomic mass is 16.6. The molecule has 3 rings (SSSR count). The lowest BCUT2D eigenvalue weighted by Crippen LogP contribution is -2.37. The van der Waals surface area contributed by atoms with E-state index in [9.17, 15) is 14.7 Å². The molecule has 138 valence electrons. The van der Waals surface area contributed by atoms with Crippen LogP contribution in [0.25, 0.3) is 0 Å². The van der Waals surface area contributed by atoms with Gasteiger partial charge in [-0.25, -0.2) is 0 Å². The molecule has 0 spiro atoms. The summed E-state index contributed by atoms with van der Waals surface area (Å²) in [6, 6.07) is 6.71. The molecular formula is C20H23NO5. The maximum Gasteiger partial charge on any atom is 0.315 e. The second-order valence-corrected chi connectivity index (χ2v) is 6.60. The number of carbonyl (C=O) groups is 2. The van der Waals surface area contributed by atoms with Gasteiger partial charge in [0.25, 0.3) is 0 Å². The number of nitrogens with zero attached hydrogens (tertiary/aromatic N) is 1. The van der Waals surface area contributed by atoms with E-state index in [0.29, 0.717) is 24.3 Å². The fourth-order valence-electron chi connectivity index (χ4n) is 3.71. The first-order valence-electron chi connectivity index (χ1n) is 8.79. The van der Waals surface area contributed by atoms with E-state index < -0.39 is 17.8 Å². The summed E-state index contributed by atoms with van der Waals surface area (Å²) < 4.78 is 10.3. The van der Waals surface area contributed by atoms with Crippen LogP contribution in [0.1, 0.15) is 37.7 Å². The first-order chi connectivity index (χ1) is 12.5. The summed E-state index contributed by atoms with van der Waals surface area (Å²) in [7, 11) is 1.54. The van der Waals surface area contributed by atoms with E-state index in [4.69, 9.17) is 9.47 Å². The topological polar surface area (TPSA) is 85.2 Å². The van der Waals surface area contributed by atoms with Gasteiger partial charge in [-0.3, -0.25) is 14.6 Å². The normalized spacial score (nSPS) is 22.7. The van der Waals surface area contributed by atoms with Gasteiger partial charge in [0.2, 0.25) is 0 Å². The van der Waals surface area contributed by atoms with Crippen LogP contribution in [0.5, 0.6) is 5.75 Å². The molecule has 1 aromatic carbocycles. The Morgan fingerprint density at radius 3 is 2.85 bits per heavy atom. The Hall–Kier alpha value is -2.47. The van der Waals surface area contributed by atoms with E-state index in [-0.39, 0.29) is 18.1 Å². The average Bonchev–Trinajstić information content (AvgIpc) is 2.61. The van der Waals surface area contributed by atoms with Crippen molar-refractivity contribution in [3.05, 3.63) is 41.1 Å². The summed E-state index contributed by atoms with van der Waals surface area (Å²) in [5.41, 5.74) is 2.69. The third kappa shape index (κ3) is 3.55. The van der Waals surface area contributed by atoms with Gasteiger partial charge in [0.15, 0.2) is 5.78 Å². The van der Waals surface area contributed by atoms with Crippen LogP contribution in [0.15, 0.2) is 40.5 Å². The summed E-state index contributed by atoms with van der Waals surface area (Å²) >= 11 is 0. The molecule has 1 aliphatic heterocycles. The number of rotatable bonds is 5. The zero-order valence-corrected chi connectivity index (χ0v) is 15.0. The Bertz CT molecular complexity index is 780. The molecule has 1 N–H and O–H groups in total. The van der Waals surface area contributed by atoms with E-state index in [1.165, 1.54) is 7.11 Å². The van der Waals surface area contributed by atoms with Crippen molar-refractivity contribution in [2.45, 2.75) is 32.1 Å². The van der Waals surface area contributed by atoms with Crippen molar-refractivity contribution in [2.24, 2.45) is 10.9 Å². The molecule has 1 aromatic rings. The molecule has 0 bridgehead atoms. The van der Waals surface area contributed by atoms with E-state index >= 15 is 0 Å². The maximum atomic E-state index is 12.8. The van der Waals surface area contributed by atoms with Crippen LogP contribution in [0, 0.1) is 5.92 Å². The minimum atomic E-state index is -0.686. The predicted octanol–water partition coefficient (Wildman–Crippen LogP) is 2.76. The summed E-state index contributed by atoms with van der Waals surface area (Å²) in [4.78, 5) is 30.0. The zero-order chi connectivity index (χ0) is 18.7. The number of Topliss-reactive ketones (excluding diaryl/α,β-unsaturated/α-hetero) is 1. The van der Waals surface area contributed by atoms with Gasteiger partial charge in [0.1, 0.15) is 18.3 Å². The number of methoxy groups -OCH3 is 1. The van der Waals surface area contributed by atoms with Crippen molar-refractivity contribution in [1.82, 2.24) is 0 Å². The second kappa shape index (κ2) is 7.83. The Morgan fingerprint density at radius 1 is 1.31 bits per heavy atom. The van der Waals surface area contributed by atoms with E-state index in [0.717, 1.165) is 24.1 Å². The van der Waals surface area contributed by atoms with Crippen LogP contribution < -0.4 is 0 Å². The summed E-state index contributed by atoms with van der Waals surface area (Å²) in [6.07, 6.45) is 1.94. The van der Waals surface area contributed by atoms with Gasteiger partial charge in [0, 0.05) is 36.4 Å². The lowest BCUT2D eigenvalue weighted by atomic mass is 9.72. The molecule has 0 saturated heterocycles. The average molecular weight is 357 g/mol. The smallest absolute Gasteiger partial charge is 0.315 e. The predicted molar refractivity (Wildman–Crippen MR) is 96.2 cm³/mol. The van der Waals surface area contributed by atoms with Gasteiger partial charge in [-0.15, -0.1) is 0 Å². The van der Waals surface area contributed by atoms with Gasteiger partial charge in [-0.2, -0.15) is 0 Å². The number of ether oxygens (including phenoxy) is 2.